The van der Waals surface area contributed by atoms with Crippen molar-refractivity contribution in [1.29, 1.82) is 0 Å². The zero-order chi connectivity index (χ0) is 8.43. The van der Waals surface area contributed by atoms with Crippen LogP contribution in [-0.4, -0.2) is 15.8 Å². The molecule has 0 aliphatic carbocycles. The molecule has 0 amide bonds. The van der Waals surface area contributed by atoms with Crippen LogP contribution in [0.25, 0.3) is 0 Å². The van der Waals surface area contributed by atoms with Crippen LogP contribution in [0.2, 0.25) is 5.15 Å². The van der Waals surface area contributed by atoms with Gasteiger partial charge in [-0.15, -0.1) is 0 Å². The number of carbonyl (C=O) groups excluding carboxylic acids is 1. The van der Waals surface area contributed by atoms with E-state index in [2.05, 4.69) is 9.97 Å². The SMILES string of the molecule is CC(=O)c1ncc(C)nc1Cl. The zero-order valence-corrected chi connectivity index (χ0v) is 7.01. The highest BCUT2D eigenvalue weighted by atomic mass is 35.5. The van der Waals surface area contributed by atoms with E-state index in [0.717, 1.165) is 0 Å². The lowest BCUT2D eigenvalue weighted by Gasteiger charge is -1.97. The summed E-state index contributed by atoms with van der Waals surface area (Å²) in [5, 5.41) is 0.178. The van der Waals surface area contributed by atoms with Gasteiger partial charge in [0.15, 0.2) is 10.9 Å². The Morgan fingerprint density at radius 1 is 1.64 bits per heavy atom. The molecular formula is C7H7ClN2O. The molecule has 1 aromatic heterocycles. The molecule has 11 heavy (non-hydrogen) atoms. The van der Waals surface area contributed by atoms with Gasteiger partial charge in [-0.2, -0.15) is 0 Å². The fourth-order valence-electron chi connectivity index (χ4n) is 0.684. The molecule has 0 aromatic carbocycles. The fraction of sp³-hybridized carbons (Fsp3) is 0.286. The highest BCUT2D eigenvalue weighted by Crippen LogP contribution is 2.10. The molecule has 1 rings (SSSR count). The molecular weight excluding hydrogens is 164 g/mol. The lowest BCUT2D eigenvalue weighted by molar-refractivity contribution is 0.101. The first-order valence-electron chi connectivity index (χ1n) is 3.11. The van der Waals surface area contributed by atoms with Crippen LogP contribution in [0.15, 0.2) is 6.20 Å². The van der Waals surface area contributed by atoms with Crippen LogP contribution in [0.1, 0.15) is 23.1 Å². The number of halogens is 1. The average molecular weight is 171 g/mol. The first-order valence-corrected chi connectivity index (χ1v) is 3.49. The van der Waals surface area contributed by atoms with E-state index < -0.39 is 0 Å². The van der Waals surface area contributed by atoms with Crippen LogP contribution in [-0.2, 0) is 0 Å². The molecule has 4 heteroatoms. The molecule has 0 atom stereocenters. The highest BCUT2D eigenvalue weighted by Gasteiger charge is 2.07. The second-order valence-corrected chi connectivity index (χ2v) is 2.56. The molecule has 0 fully saturated rings. The molecule has 0 unspecified atom stereocenters. The summed E-state index contributed by atoms with van der Waals surface area (Å²) >= 11 is 5.63. The van der Waals surface area contributed by atoms with Gasteiger partial charge in [-0.1, -0.05) is 11.6 Å². The van der Waals surface area contributed by atoms with E-state index in [4.69, 9.17) is 11.6 Å². The lowest BCUT2D eigenvalue weighted by Crippen LogP contribution is -2.00. The summed E-state index contributed by atoms with van der Waals surface area (Å²) in [5.41, 5.74) is 0.942. The normalized spacial score (nSPS) is 9.73. The van der Waals surface area contributed by atoms with Gasteiger partial charge in [0.2, 0.25) is 0 Å². The standard InChI is InChI=1S/C7H7ClN2O/c1-4-3-9-6(5(2)11)7(8)10-4/h3H,1-2H3. The number of nitrogens with zero attached hydrogens (tertiary/aromatic N) is 2. The molecule has 0 spiro atoms. The molecule has 1 heterocycles. The second-order valence-electron chi connectivity index (χ2n) is 2.21. The van der Waals surface area contributed by atoms with E-state index in [1.54, 1.807) is 6.92 Å². The van der Waals surface area contributed by atoms with E-state index in [1.807, 2.05) is 0 Å². The van der Waals surface area contributed by atoms with Gasteiger partial charge in [0.25, 0.3) is 0 Å². The number of aryl methyl sites for hydroxylation is 1. The maximum Gasteiger partial charge on any atom is 0.181 e. The molecule has 0 saturated carbocycles. The summed E-state index contributed by atoms with van der Waals surface area (Å²) in [4.78, 5) is 18.5. The van der Waals surface area contributed by atoms with Crippen LogP contribution in [0, 0.1) is 6.92 Å². The first kappa shape index (κ1) is 8.14. The quantitative estimate of drug-likeness (QED) is 0.602. The van der Waals surface area contributed by atoms with Gasteiger partial charge in [0.05, 0.1) is 5.69 Å². The third-order valence-electron chi connectivity index (χ3n) is 1.18. The van der Waals surface area contributed by atoms with Gasteiger partial charge >= 0.3 is 0 Å². The van der Waals surface area contributed by atoms with E-state index in [0.29, 0.717) is 5.69 Å². The van der Waals surface area contributed by atoms with Gasteiger partial charge in [-0.25, -0.2) is 9.97 Å². The topological polar surface area (TPSA) is 42.9 Å². The fourth-order valence-corrected chi connectivity index (χ4v) is 0.999. The maximum absolute atomic E-state index is 10.8. The molecule has 3 nitrogen and oxygen atoms in total. The van der Waals surface area contributed by atoms with Crippen LogP contribution in [0.3, 0.4) is 0 Å². The Bertz CT molecular complexity index is 298. The van der Waals surface area contributed by atoms with Crippen molar-refractivity contribution < 1.29 is 4.79 Å². The smallest absolute Gasteiger partial charge is 0.181 e. The Morgan fingerprint density at radius 2 is 2.27 bits per heavy atom. The van der Waals surface area contributed by atoms with E-state index in [9.17, 15) is 4.79 Å². The number of carbonyl (C=O) groups is 1. The van der Waals surface area contributed by atoms with Crippen molar-refractivity contribution >= 4 is 17.4 Å². The summed E-state index contributed by atoms with van der Waals surface area (Å²) in [6.45, 7) is 3.17. The minimum Gasteiger partial charge on any atom is -0.293 e. The molecule has 0 radical (unpaired) electrons. The van der Waals surface area contributed by atoms with E-state index in [-0.39, 0.29) is 16.6 Å². The monoisotopic (exact) mass is 170 g/mol. The number of hydrogen-bond donors (Lipinski definition) is 0. The predicted molar refractivity (Wildman–Crippen MR) is 41.8 cm³/mol. The van der Waals surface area contributed by atoms with Gasteiger partial charge in [0.1, 0.15) is 5.69 Å². The van der Waals surface area contributed by atoms with Gasteiger partial charge < -0.3 is 0 Å². The molecule has 1 aromatic rings. The van der Waals surface area contributed by atoms with Gasteiger partial charge in [-0.05, 0) is 6.92 Å². The molecule has 0 aliphatic rings. The minimum absolute atomic E-state index is 0.164. The van der Waals surface area contributed by atoms with E-state index >= 15 is 0 Å². The summed E-state index contributed by atoms with van der Waals surface area (Å²) in [6.07, 6.45) is 1.52. The number of rotatable bonds is 1. The minimum atomic E-state index is -0.164. The third kappa shape index (κ3) is 1.74. The van der Waals surface area contributed by atoms with Gasteiger partial charge in [-0.3, -0.25) is 4.79 Å². The average Bonchev–Trinajstić information content (AvgIpc) is 1.85. The molecule has 0 saturated heterocycles. The van der Waals surface area contributed by atoms with Crippen LogP contribution < -0.4 is 0 Å². The molecule has 0 N–H and O–H groups in total. The summed E-state index contributed by atoms with van der Waals surface area (Å²) in [6, 6.07) is 0. The van der Waals surface area contributed by atoms with Crippen molar-refractivity contribution in [2.24, 2.45) is 0 Å². The summed E-state index contributed by atoms with van der Waals surface area (Å²) in [7, 11) is 0. The van der Waals surface area contributed by atoms with Crippen LogP contribution in [0.4, 0.5) is 0 Å². The Morgan fingerprint density at radius 3 is 2.73 bits per heavy atom. The molecule has 0 bridgehead atoms. The predicted octanol–water partition coefficient (Wildman–Crippen LogP) is 1.64. The van der Waals surface area contributed by atoms with Crippen molar-refractivity contribution in [2.45, 2.75) is 13.8 Å². The Hall–Kier alpha value is -0.960. The van der Waals surface area contributed by atoms with Gasteiger partial charge in [0, 0.05) is 13.1 Å². The Kier molecular flexibility index (Phi) is 2.19. The Labute approximate surface area is 69.4 Å². The number of aromatic nitrogens is 2. The zero-order valence-electron chi connectivity index (χ0n) is 6.26. The highest BCUT2D eigenvalue weighted by molar-refractivity contribution is 6.32. The number of hydrogen-bond acceptors (Lipinski definition) is 3. The first-order chi connectivity index (χ1) is 5.11. The second kappa shape index (κ2) is 2.96. The summed E-state index contributed by atoms with van der Waals surface area (Å²) < 4.78 is 0. The van der Waals surface area contributed by atoms with Crippen molar-refractivity contribution in [2.75, 3.05) is 0 Å². The number of ketones is 1. The summed E-state index contributed by atoms with van der Waals surface area (Å²) in [5.74, 6) is -0.164. The van der Waals surface area contributed by atoms with Crippen molar-refractivity contribution in [3.8, 4) is 0 Å². The van der Waals surface area contributed by atoms with Crippen molar-refractivity contribution in [3.63, 3.8) is 0 Å². The maximum atomic E-state index is 10.8. The van der Waals surface area contributed by atoms with Crippen LogP contribution in [0.5, 0.6) is 0 Å². The third-order valence-corrected chi connectivity index (χ3v) is 1.45. The Balaban J connectivity index is 3.20. The van der Waals surface area contributed by atoms with Crippen LogP contribution >= 0.6 is 11.6 Å². The largest absolute Gasteiger partial charge is 0.293 e. The lowest BCUT2D eigenvalue weighted by atomic mass is 10.3. The molecule has 0 aliphatic heterocycles. The molecule has 58 valence electrons. The van der Waals surface area contributed by atoms with Crippen molar-refractivity contribution in [1.82, 2.24) is 9.97 Å². The number of Topliss-reactive ketones (excluding diaryl/α,β-unsaturated/α-hetero) is 1. The van der Waals surface area contributed by atoms with Crippen molar-refractivity contribution in [3.05, 3.63) is 22.7 Å². The van der Waals surface area contributed by atoms with E-state index in [1.165, 1.54) is 13.1 Å².